The SMILES string of the molecule is N#CC1CC(CN=C(N)N)CCCC1OCCF. The number of nitrogens with two attached hydrogens (primary N) is 2. The minimum atomic E-state index is -0.508. The molecule has 3 atom stereocenters. The third kappa shape index (κ3) is 4.88. The molecule has 1 rings (SSSR count). The Morgan fingerprint density at radius 2 is 2.22 bits per heavy atom. The largest absolute Gasteiger partial charge is 0.374 e. The van der Waals surface area contributed by atoms with Gasteiger partial charge in [-0.25, -0.2) is 4.39 Å². The highest BCUT2D eigenvalue weighted by atomic mass is 19.1. The third-order valence-corrected chi connectivity index (χ3v) is 3.24. The van der Waals surface area contributed by atoms with E-state index < -0.39 is 6.67 Å². The normalized spacial score (nSPS) is 28.1. The summed E-state index contributed by atoms with van der Waals surface area (Å²) in [5, 5.41) is 9.17. The molecule has 1 fully saturated rings. The predicted octanol–water partition coefficient (Wildman–Crippen LogP) is 0.944. The molecule has 4 N–H and O–H groups in total. The molecule has 1 aliphatic carbocycles. The minimum Gasteiger partial charge on any atom is -0.374 e. The summed E-state index contributed by atoms with van der Waals surface area (Å²) in [4.78, 5) is 4.01. The monoisotopic (exact) mass is 256 g/mol. The van der Waals surface area contributed by atoms with Gasteiger partial charge in [0.25, 0.3) is 0 Å². The Hall–Kier alpha value is -1.35. The molecule has 0 aromatic carbocycles. The van der Waals surface area contributed by atoms with Crippen LogP contribution in [0.15, 0.2) is 4.99 Å². The topological polar surface area (TPSA) is 97.4 Å². The molecule has 0 spiro atoms. The van der Waals surface area contributed by atoms with Crippen molar-refractivity contribution >= 4 is 5.96 Å². The Kier molecular flexibility index (Phi) is 6.44. The minimum absolute atomic E-state index is 0.0708. The molecule has 0 aromatic rings. The van der Waals surface area contributed by atoms with Crippen LogP contribution in [0.2, 0.25) is 0 Å². The van der Waals surface area contributed by atoms with Crippen LogP contribution in [0.4, 0.5) is 4.39 Å². The number of nitriles is 1. The lowest BCUT2D eigenvalue weighted by atomic mass is 9.93. The molecule has 3 unspecified atom stereocenters. The zero-order chi connectivity index (χ0) is 13.4. The van der Waals surface area contributed by atoms with E-state index in [9.17, 15) is 9.65 Å². The van der Waals surface area contributed by atoms with Crippen LogP contribution >= 0.6 is 0 Å². The standard InChI is InChI=1S/C12H21FN4O/c13-4-5-18-11-3-1-2-9(6-10(11)7-14)8-17-12(15)16/h9-11H,1-6,8H2,(H4,15,16,17). The van der Waals surface area contributed by atoms with Crippen LogP contribution in [0.25, 0.3) is 0 Å². The first kappa shape index (κ1) is 14.7. The van der Waals surface area contributed by atoms with Crippen molar-refractivity contribution in [2.45, 2.75) is 31.8 Å². The van der Waals surface area contributed by atoms with Gasteiger partial charge in [0, 0.05) is 6.54 Å². The number of hydrogen-bond donors (Lipinski definition) is 2. The fourth-order valence-corrected chi connectivity index (χ4v) is 2.37. The molecular formula is C12H21FN4O. The van der Waals surface area contributed by atoms with Crippen molar-refractivity contribution in [3.8, 4) is 6.07 Å². The Morgan fingerprint density at radius 1 is 1.44 bits per heavy atom. The predicted molar refractivity (Wildman–Crippen MR) is 67.5 cm³/mol. The molecule has 6 heteroatoms. The van der Waals surface area contributed by atoms with Crippen LogP contribution in [0.5, 0.6) is 0 Å². The fourth-order valence-electron chi connectivity index (χ4n) is 2.37. The van der Waals surface area contributed by atoms with E-state index in [0.29, 0.717) is 18.9 Å². The van der Waals surface area contributed by atoms with Gasteiger partial charge < -0.3 is 16.2 Å². The van der Waals surface area contributed by atoms with Crippen LogP contribution in [0.1, 0.15) is 25.7 Å². The lowest BCUT2D eigenvalue weighted by molar-refractivity contribution is 0.0151. The van der Waals surface area contributed by atoms with E-state index >= 15 is 0 Å². The Morgan fingerprint density at radius 3 is 2.83 bits per heavy atom. The van der Waals surface area contributed by atoms with Crippen LogP contribution in [-0.2, 0) is 4.74 Å². The third-order valence-electron chi connectivity index (χ3n) is 3.24. The number of alkyl halides is 1. The van der Waals surface area contributed by atoms with Gasteiger partial charge in [0.05, 0.1) is 24.7 Å². The molecule has 0 bridgehead atoms. The second-order valence-corrected chi connectivity index (χ2v) is 4.63. The first-order chi connectivity index (χ1) is 8.67. The number of guanidine groups is 1. The summed E-state index contributed by atoms with van der Waals surface area (Å²) in [7, 11) is 0. The number of ether oxygens (including phenoxy) is 1. The van der Waals surface area contributed by atoms with Gasteiger partial charge in [-0.1, -0.05) is 6.42 Å². The summed E-state index contributed by atoms with van der Waals surface area (Å²) in [6.07, 6.45) is 3.29. The summed E-state index contributed by atoms with van der Waals surface area (Å²) >= 11 is 0. The highest BCUT2D eigenvalue weighted by Gasteiger charge is 2.28. The van der Waals surface area contributed by atoms with Gasteiger partial charge >= 0.3 is 0 Å². The molecule has 1 saturated carbocycles. The van der Waals surface area contributed by atoms with E-state index in [0.717, 1.165) is 19.3 Å². The molecule has 18 heavy (non-hydrogen) atoms. The van der Waals surface area contributed by atoms with Crippen LogP contribution < -0.4 is 11.5 Å². The van der Waals surface area contributed by atoms with E-state index in [4.69, 9.17) is 16.2 Å². The van der Waals surface area contributed by atoms with Gasteiger partial charge in [-0.3, -0.25) is 4.99 Å². The summed E-state index contributed by atoms with van der Waals surface area (Å²) in [5.74, 6) is 0.187. The van der Waals surface area contributed by atoms with Gasteiger partial charge in [0.1, 0.15) is 6.67 Å². The average molecular weight is 256 g/mol. The lowest BCUT2D eigenvalue weighted by Gasteiger charge is -2.20. The smallest absolute Gasteiger partial charge is 0.185 e. The number of hydrogen-bond acceptors (Lipinski definition) is 3. The molecule has 0 aliphatic heterocycles. The Balaban J connectivity index is 2.54. The van der Waals surface area contributed by atoms with E-state index in [1.54, 1.807) is 0 Å². The molecule has 0 saturated heterocycles. The molecule has 102 valence electrons. The molecule has 0 amide bonds. The summed E-state index contributed by atoms with van der Waals surface area (Å²) in [6.45, 7) is 0.115. The molecule has 5 nitrogen and oxygen atoms in total. The van der Waals surface area contributed by atoms with Crippen LogP contribution in [0, 0.1) is 23.2 Å². The van der Waals surface area contributed by atoms with Crippen molar-refractivity contribution in [1.82, 2.24) is 0 Å². The zero-order valence-electron chi connectivity index (χ0n) is 10.5. The van der Waals surface area contributed by atoms with Gasteiger partial charge in [-0.05, 0) is 25.2 Å². The average Bonchev–Trinajstić information content (AvgIpc) is 2.55. The zero-order valence-corrected chi connectivity index (χ0v) is 10.5. The van der Waals surface area contributed by atoms with Crippen molar-refractivity contribution in [2.75, 3.05) is 19.8 Å². The van der Waals surface area contributed by atoms with Crippen molar-refractivity contribution in [3.63, 3.8) is 0 Å². The second kappa shape index (κ2) is 7.88. The van der Waals surface area contributed by atoms with E-state index in [1.807, 2.05) is 0 Å². The van der Waals surface area contributed by atoms with Crippen molar-refractivity contribution in [2.24, 2.45) is 28.3 Å². The number of nitrogens with zero attached hydrogens (tertiary/aromatic N) is 2. The quantitative estimate of drug-likeness (QED) is 0.434. The van der Waals surface area contributed by atoms with Crippen molar-refractivity contribution in [1.29, 1.82) is 5.26 Å². The first-order valence-electron chi connectivity index (χ1n) is 6.30. The Bertz CT molecular complexity index is 312. The van der Waals surface area contributed by atoms with Gasteiger partial charge in [-0.2, -0.15) is 5.26 Å². The first-order valence-corrected chi connectivity index (χ1v) is 6.30. The van der Waals surface area contributed by atoms with Crippen molar-refractivity contribution < 1.29 is 9.13 Å². The van der Waals surface area contributed by atoms with Gasteiger partial charge in [0.2, 0.25) is 0 Å². The highest BCUT2D eigenvalue weighted by molar-refractivity contribution is 5.75. The molecular weight excluding hydrogens is 235 g/mol. The number of aliphatic imine (C=N–C) groups is 1. The number of halogens is 1. The van der Waals surface area contributed by atoms with E-state index in [-0.39, 0.29) is 24.6 Å². The van der Waals surface area contributed by atoms with Crippen molar-refractivity contribution in [3.05, 3.63) is 0 Å². The summed E-state index contributed by atoms with van der Waals surface area (Å²) < 4.78 is 17.5. The maximum Gasteiger partial charge on any atom is 0.185 e. The highest BCUT2D eigenvalue weighted by Crippen LogP contribution is 2.29. The Labute approximate surface area is 107 Å². The second-order valence-electron chi connectivity index (χ2n) is 4.63. The molecule has 0 aromatic heterocycles. The van der Waals surface area contributed by atoms with Crippen LogP contribution in [-0.4, -0.2) is 31.9 Å². The van der Waals surface area contributed by atoms with E-state index in [1.165, 1.54) is 0 Å². The maximum absolute atomic E-state index is 12.1. The van der Waals surface area contributed by atoms with Gasteiger partial charge in [0.15, 0.2) is 5.96 Å². The summed E-state index contributed by atoms with van der Waals surface area (Å²) in [6, 6.07) is 2.26. The lowest BCUT2D eigenvalue weighted by Crippen LogP contribution is -2.26. The fraction of sp³-hybridized carbons (Fsp3) is 0.833. The number of rotatable bonds is 5. The summed E-state index contributed by atoms with van der Waals surface area (Å²) in [5.41, 5.74) is 10.6. The van der Waals surface area contributed by atoms with Gasteiger partial charge in [-0.15, -0.1) is 0 Å². The van der Waals surface area contributed by atoms with Crippen LogP contribution in [0.3, 0.4) is 0 Å². The maximum atomic E-state index is 12.1. The van der Waals surface area contributed by atoms with E-state index in [2.05, 4.69) is 11.1 Å². The molecule has 0 radical (unpaired) electrons. The molecule has 1 aliphatic rings. The molecule has 0 heterocycles.